The van der Waals surface area contributed by atoms with Crippen LogP contribution in [0.2, 0.25) is 0 Å². The summed E-state index contributed by atoms with van der Waals surface area (Å²) in [5, 5.41) is 11.6. The van der Waals surface area contributed by atoms with Crippen LogP contribution in [0.3, 0.4) is 0 Å². The van der Waals surface area contributed by atoms with E-state index in [2.05, 4.69) is 5.32 Å². The molecule has 0 saturated carbocycles. The molecule has 0 fully saturated rings. The summed E-state index contributed by atoms with van der Waals surface area (Å²) < 4.78 is 37.2. The van der Waals surface area contributed by atoms with Crippen molar-refractivity contribution in [2.24, 2.45) is 5.92 Å². The Bertz CT molecular complexity index is 441. The molecule has 6 heteroatoms. The lowest BCUT2D eigenvalue weighted by molar-refractivity contribution is -0.137. The van der Waals surface area contributed by atoms with Crippen molar-refractivity contribution < 1.29 is 23.1 Å². The van der Waals surface area contributed by atoms with Crippen molar-refractivity contribution >= 4 is 5.91 Å². The molecule has 0 aromatic heterocycles. The third-order valence-corrected chi connectivity index (χ3v) is 2.84. The molecule has 1 rings (SSSR count). The van der Waals surface area contributed by atoms with Crippen LogP contribution in [-0.2, 0) is 17.4 Å². The molecule has 20 heavy (non-hydrogen) atoms. The number of aliphatic hydroxyl groups is 1. The molecule has 0 radical (unpaired) electrons. The van der Waals surface area contributed by atoms with Gasteiger partial charge in [-0.25, -0.2) is 0 Å². The number of hydrogen-bond donors (Lipinski definition) is 2. The SMILES string of the molecule is CC(O)CNC(=O)C(C)Cc1ccc(C(F)(F)F)cc1. The number of benzene rings is 1. The molecule has 0 spiro atoms. The van der Waals surface area contributed by atoms with Crippen molar-refractivity contribution in [3.63, 3.8) is 0 Å². The van der Waals surface area contributed by atoms with E-state index < -0.39 is 17.8 Å². The second-order valence-corrected chi connectivity index (χ2v) is 4.89. The molecule has 0 aliphatic heterocycles. The van der Waals surface area contributed by atoms with E-state index in [1.165, 1.54) is 12.1 Å². The Balaban J connectivity index is 2.58. The molecule has 2 atom stereocenters. The molecule has 0 heterocycles. The van der Waals surface area contributed by atoms with Crippen molar-refractivity contribution in [1.82, 2.24) is 5.32 Å². The Hall–Kier alpha value is -1.56. The lowest BCUT2D eigenvalue weighted by Crippen LogP contribution is -2.35. The van der Waals surface area contributed by atoms with Gasteiger partial charge in [-0.15, -0.1) is 0 Å². The third-order valence-electron chi connectivity index (χ3n) is 2.84. The van der Waals surface area contributed by atoms with Crippen molar-refractivity contribution in [1.29, 1.82) is 0 Å². The first kappa shape index (κ1) is 16.5. The maximum Gasteiger partial charge on any atom is 0.416 e. The molecular formula is C14H18F3NO2. The minimum absolute atomic E-state index is 0.163. The number of halogens is 3. The van der Waals surface area contributed by atoms with Crippen molar-refractivity contribution in [3.05, 3.63) is 35.4 Å². The predicted octanol–water partition coefficient (Wildman–Crippen LogP) is 2.38. The fourth-order valence-corrected chi connectivity index (χ4v) is 1.70. The van der Waals surface area contributed by atoms with Gasteiger partial charge in [-0.2, -0.15) is 13.2 Å². The van der Waals surface area contributed by atoms with Crippen molar-refractivity contribution in [3.8, 4) is 0 Å². The fraction of sp³-hybridized carbons (Fsp3) is 0.500. The lowest BCUT2D eigenvalue weighted by atomic mass is 9.99. The van der Waals surface area contributed by atoms with E-state index in [4.69, 9.17) is 5.11 Å². The molecule has 1 amide bonds. The minimum Gasteiger partial charge on any atom is -0.392 e. The Morgan fingerprint density at radius 2 is 1.80 bits per heavy atom. The summed E-state index contributed by atoms with van der Waals surface area (Å²) in [4.78, 5) is 11.7. The minimum atomic E-state index is -4.35. The summed E-state index contributed by atoms with van der Waals surface area (Å²) in [6.45, 7) is 3.41. The highest BCUT2D eigenvalue weighted by Crippen LogP contribution is 2.29. The standard InChI is InChI=1S/C14H18F3NO2/c1-9(13(20)18-8-10(2)19)7-11-3-5-12(6-4-11)14(15,16)17/h3-6,9-10,19H,7-8H2,1-2H3,(H,18,20). The number of carbonyl (C=O) groups is 1. The smallest absolute Gasteiger partial charge is 0.392 e. The van der Waals surface area contributed by atoms with E-state index in [1.807, 2.05) is 0 Å². The van der Waals surface area contributed by atoms with Crippen LogP contribution in [0, 0.1) is 5.92 Å². The van der Waals surface area contributed by atoms with Gasteiger partial charge in [-0.05, 0) is 31.0 Å². The van der Waals surface area contributed by atoms with Crippen LogP contribution in [0.25, 0.3) is 0 Å². The number of rotatable bonds is 5. The summed E-state index contributed by atoms with van der Waals surface area (Å²) in [5.41, 5.74) is -0.0369. The predicted molar refractivity (Wildman–Crippen MR) is 69.0 cm³/mol. The zero-order valence-corrected chi connectivity index (χ0v) is 11.4. The molecule has 1 aromatic carbocycles. The second-order valence-electron chi connectivity index (χ2n) is 4.89. The van der Waals surface area contributed by atoms with Crippen LogP contribution < -0.4 is 5.32 Å². The Morgan fingerprint density at radius 3 is 2.25 bits per heavy atom. The molecular weight excluding hydrogens is 271 g/mol. The molecule has 0 aliphatic rings. The summed E-state index contributed by atoms with van der Waals surface area (Å²) in [6, 6.07) is 4.77. The van der Waals surface area contributed by atoms with E-state index in [1.54, 1.807) is 13.8 Å². The van der Waals surface area contributed by atoms with Gasteiger partial charge >= 0.3 is 6.18 Å². The molecule has 0 aliphatic carbocycles. The van der Waals surface area contributed by atoms with Gasteiger partial charge in [0.2, 0.25) is 5.91 Å². The van der Waals surface area contributed by atoms with Gasteiger partial charge in [0.15, 0.2) is 0 Å². The average Bonchev–Trinajstić information content (AvgIpc) is 2.35. The molecule has 2 unspecified atom stereocenters. The fourth-order valence-electron chi connectivity index (χ4n) is 1.70. The first-order chi connectivity index (χ1) is 9.20. The lowest BCUT2D eigenvalue weighted by Gasteiger charge is -2.14. The summed E-state index contributed by atoms with van der Waals surface area (Å²) in [5.74, 6) is -0.601. The number of aliphatic hydroxyl groups excluding tert-OH is 1. The van der Waals surface area contributed by atoms with E-state index in [-0.39, 0.29) is 18.4 Å². The Labute approximate surface area is 115 Å². The van der Waals surface area contributed by atoms with Gasteiger partial charge in [-0.3, -0.25) is 4.79 Å². The molecule has 3 nitrogen and oxygen atoms in total. The van der Waals surface area contributed by atoms with E-state index in [0.29, 0.717) is 12.0 Å². The largest absolute Gasteiger partial charge is 0.416 e. The number of amides is 1. The number of hydrogen-bond acceptors (Lipinski definition) is 2. The maximum atomic E-state index is 12.4. The summed E-state index contributed by atoms with van der Waals surface area (Å²) in [6.07, 6.45) is -4.63. The maximum absolute atomic E-state index is 12.4. The normalized spacial score (nSPS) is 14.7. The Morgan fingerprint density at radius 1 is 1.25 bits per heavy atom. The molecule has 0 bridgehead atoms. The van der Waals surface area contributed by atoms with E-state index in [0.717, 1.165) is 12.1 Å². The van der Waals surface area contributed by atoms with Gasteiger partial charge in [-0.1, -0.05) is 19.1 Å². The second kappa shape index (κ2) is 6.74. The first-order valence-corrected chi connectivity index (χ1v) is 6.32. The van der Waals surface area contributed by atoms with Gasteiger partial charge < -0.3 is 10.4 Å². The number of carbonyl (C=O) groups excluding carboxylic acids is 1. The summed E-state index contributed by atoms with van der Waals surface area (Å²) >= 11 is 0. The molecule has 112 valence electrons. The molecule has 0 saturated heterocycles. The highest BCUT2D eigenvalue weighted by Gasteiger charge is 2.30. The van der Waals surface area contributed by atoms with E-state index >= 15 is 0 Å². The van der Waals surface area contributed by atoms with Crippen LogP contribution in [0.15, 0.2) is 24.3 Å². The summed E-state index contributed by atoms with van der Waals surface area (Å²) in [7, 11) is 0. The van der Waals surface area contributed by atoms with Gasteiger partial charge in [0.25, 0.3) is 0 Å². The van der Waals surface area contributed by atoms with Crippen LogP contribution in [0.5, 0.6) is 0 Å². The number of alkyl halides is 3. The van der Waals surface area contributed by atoms with Crippen LogP contribution in [0.1, 0.15) is 25.0 Å². The zero-order chi connectivity index (χ0) is 15.3. The van der Waals surface area contributed by atoms with Crippen molar-refractivity contribution in [2.75, 3.05) is 6.54 Å². The highest BCUT2D eigenvalue weighted by molar-refractivity contribution is 5.78. The van der Waals surface area contributed by atoms with Crippen LogP contribution in [-0.4, -0.2) is 23.7 Å². The zero-order valence-electron chi connectivity index (χ0n) is 11.4. The van der Waals surface area contributed by atoms with E-state index in [9.17, 15) is 18.0 Å². The first-order valence-electron chi connectivity index (χ1n) is 6.32. The van der Waals surface area contributed by atoms with Gasteiger partial charge in [0.05, 0.1) is 11.7 Å². The van der Waals surface area contributed by atoms with Gasteiger partial charge in [0.1, 0.15) is 0 Å². The van der Waals surface area contributed by atoms with Gasteiger partial charge in [0, 0.05) is 12.5 Å². The molecule has 2 N–H and O–H groups in total. The van der Waals surface area contributed by atoms with Crippen molar-refractivity contribution in [2.45, 2.75) is 32.5 Å². The Kier molecular flexibility index (Phi) is 5.56. The topological polar surface area (TPSA) is 49.3 Å². The third kappa shape index (κ3) is 5.21. The monoisotopic (exact) mass is 289 g/mol. The molecule has 1 aromatic rings. The average molecular weight is 289 g/mol. The highest BCUT2D eigenvalue weighted by atomic mass is 19.4. The van der Waals surface area contributed by atoms with Crippen LogP contribution in [0.4, 0.5) is 13.2 Å². The number of nitrogens with one attached hydrogen (secondary N) is 1. The quantitative estimate of drug-likeness (QED) is 0.874. The van der Waals surface area contributed by atoms with Crippen LogP contribution >= 0.6 is 0 Å².